The van der Waals surface area contributed by atoms with Crippen LogP contribution in [0.3, 0.4) is 0 Å². The molecule has 2 heterocycles. The molecule has 0 aliphatic rings. The second-order valence-electron chi connectivity index (χ2n) is 5.02. The molecule has 0 aliphatic carbocycles. The van der Waals surface area contributed by atoms with Gasteiger partial charge in [-0.25, -0.2) is 4.68 Å². The number of fused-ring (bicyclic) bond motifs is 1. The first-order chi connectivity index (χ1) is 11.1. The largest absolute Gasteiger partial charge is 0.350 e. The summed E-state index contributed by atoms with van der Waals surface area (Å²) in [4.78, 5) is 40.2. The molecule has 0 aliphatic heterocycles. The molecule has 7 nitrogen and oxygen atoms in total. The summed E-state index contributed by atoms with van der Waals surface area (Å²) in [6.45, 7) is 0.0540. The van der Waals surface area contributed by atoms with E-state index in [0.29, 0.717) is 11.9 Å². The molecule has 0 saturated carbocycles. The number of hydrogen-bond acceptors (Lipinski definition) is 4. The molecule has 7 heteroatoms. The zero-order chi connectivity index (χ0) is 16.2. The van der Waals surface area contributed by atoms with E-state index < -0.39 is 11.1 Å². The lowest BCUT2D eigenvalue weighted by molar-refractivity contribution is -0.122. The van der Waals surface area contributed by atoms with Crippen LogP contribution in [-0.4, -0.2) is 20.7 Å². The van der Waals surface area contributed by atoms with Crippen LogP contribution in [0.4, 0.5) is 0 Å². The molecule has 1 aromatic carbocycles. The molecule has 0 saturated heterocycles. The van der Waals surface area contributed by atoms with Crippen molar-refractivity contribution in [3.63, 3.8) is 0 Å². The van der Waals surface area contributed by atoms with Gasteiger partial charge >= 0.3 is 0 Å². The smallest absolute Gasteiger partial charge is 0.273 e. The van der Waals surface area contributed by atoms with E-state index in [-0.39, 0.29) is 17.8 Å². The van der Waals surface area contributed by atoms with Crippen molar-refractivity contribution in [2.75, 3.05) is 0 Å². The van der Waals surface area contributed by atoms with E-state index in [2.05, 4.69) is 15.4 Å². The second kappa shape index (κ2) is 6.27. The van der Waals surface area contributed by atoms with Crippen molar-refractivity contribution in [2.45, 2.75) is 13.1 Å². The molecule has 0 radical (unpaired) electrons. The quantitative estimate of drug-likeness (QED) is 0.729. The number of pyridine rings is 1. The summed E-state index contributed by atoms with van der Waals surface area (Å²) < 4.78 is 1.02. The number of nitrogens with one attached hydrogen (secondary N) is 2. The topological polar surface area (TPSA) is 96.9 Å². The highest BCUT2D eigenvalue weighted by Crippen LogP contribution is 2.02. The van der Waals surface area contributed by atoms with Gasteiger partial charge in [0.1, 0.15) is 6.54 Å². The van der Waals surface area contributed by atoms with Crippen LogP contribution in [0.2, 0.25) is 0 Å². The Labute approximate surface area is 130 Å². The number of benzene rings is 1. The molecule has 3 aromatic rings. The van der Waals surface area contributed by atoms with E-state index in [1.807, 2.05) is 6.07 Å². The molecule has 2 aromatic heterocycles. The van der Waals surface area contributed by atoms with Crippen molar-refractivity contribution >= 4 is 16.7 Å². The zero-order valence-corrected chi connectivity index (χ0v) is 12.2. The van der Waals surface area contributed by atoms with Gasteiger partial charge in [-0.2, -0.15) is 0 Å². The predicted molar refractivity (Wildman–Crippen MR) is 84.9 cm³/mol. The van der Waals surface area contributed by atoms with Gasteiger partial charge in [0.05, 0.1) is 10.8 Å². The van der Waals surface area contributed by atoms with E-state index in [4.69, 9.17) is 0 Å². The maximum absolute atomic E-state index is 12.3. The Morgan fingerprint density at radius 3 is 2.65 bits per heavy atom. The lowest BCUT2D eigenvalue weighted by Gasteiger charge is -2.08. The number of nitrogens with zero attached hydrogens (tertiary/aromatic N) is 2. The summed E-state index contributed by atoms with van der Waals surface area (Å²) >= 11 is 0. The molecule has 0 unspecified atom stereocenters. The van der Waals surface area contributed by atoms with Crippen molar-refractivity contribution in [3.05, 3.63) is 75.1 Å². The average molecular weight is 310 g/mol. The third-order valence-corrected chi connectivity index (χ3v) is 3.40. The molecule has 1 amide bonds. The number of aromatic nitrogens is 3. The number of rotatable bonds is 4. The predicted octanol–water partition coefficient (Wildman–Crippen LogP) is 0.401. The minimum absolute atomic E-state index is 0.251. The summed E-state index contributed by atoms with van der Waals surface area (Å²) in [5.74, 6) is -0.373. The van der Waals surface area contributed by atoms with Crippen LogP contribution in [0, 0.1) is 0 Å². The first kappa shape index (κ1) is 14.7. The Hall–Kier alpha value is -3.22. The van der Waals surface area contributed by atoms with Crippen molar-refractivity contribution in [2.24, 2.45) is 0 Å². The van der Waals surface area contributed by atoms with Gasteiger partial charge in [-0.15, -0.1) is 0 Å². The van der Waals surface area contributed by atoms with Gasteiger partial charge in [0.15, 0.2) is 0 Å². The number of H-pyrrole nitrogens is 1. The number of carbonyl (C=O) groups is 1. The number of amides is 1. The van der Waals surface area contributed by atoms with Crippen LogP contribution in [0.5, 0.6) is 0 Å². The van der Waals surface area contributed by atoms with Crippen molar-refractivity contribution < 1.29 is 4.79 Å². The molecule has 0 spiro atoms. The maximum Gasteiger partial charge on any atom is 0.273 e. The summed E-state index contributed by atoms with van der Waals surface area (Å²) in [6.07, 6.45) is 3.29. The average Bonchev–Trinajstić information content (AvgIpc) is 2.59. The molecular formula is C16H14N4O3. The molecule has 0 atom stereocenters. The Morgan fingerprint density at radius 1 is 1.13 bits per heavy atom. The summed E-state index contributed by atoms with van der Waals surface area (Å²) in [5, 5.41) is 5.70. The summed E-state index contributed by atoms with van der Waals surface area (Å²) in [7, 11) is 0. The SMILES string of the molecule is O=C(Cn1[nH]c(=O)c2ccccc2c1=O)NCc1cccnc1. The van der Waals surface area contributed by atoms with Crippen molar-refractivity contribution in [3.8, 4) is 0 Å². The third-order valence-electron chi connectivity index (χ3n) is 3.40. The molecule has 2 N–H and O–H groups in total. The monoisotopic (exact) mass is 310 g/mol. The van der Waals surface area contributed by atoms with Crippen LogP contribution < -0.4 is 16.4 Å². The van der Waals surface area contributed by atoms with Gasteiger partial charge in [-0.3, -0.25) is 24.5 Å². The first-order valence-corrected chi connectivity index (χ1v) is 7.02. The van der Waals surface area contributed by atoms with E-state index in [9.17, 15) is 14.4 Å². The summed E-state index contributed by atoms with van der Waals surface area (Å²) in [6, 6.07) is 10.1. The highest BCUT2D eigenvalue weighted by Gasteiger charge is 2.09. The van der Waals surface area contributed by atoms with Gasteiger partial charge in [0, 0.05) is 18.9 Å². The van der Waals surface area contributed by atoms with Crippen molar-refractivity contribution in [1.82, 2.24) is 20.1 Å². The van der Waals surface area contributed by atoms with Gasteiger partial charge in [-0.1, -0.05) is 18.2 Å². The molecule has 116 valence electrons. The summed E-state index contributed by atoms with van der Waals surface area (Å²) in [5.41, 5.74) is 0.0391. The number of hydrogen-bond donors (Lipinski definition) is 2. The standard InChI is InChI=1S/C16H14N4O3/c21-14(18-9-11-4-3-7-17-8-11)10-20-16(23)13-6-2-1-5-12(13)15(22)19-20/h1-8H,9-10H2,(H,18,21)(H,19,22). The van der Waals surface area contributed by atoms with E-state index in [0.717, 1.165) is 10.2 Å². The fraction of sp³-hybridized carbons (Fsp3) is 0.125. The van der Waals surface area contributed by atoms with Gasteiger partial charge in [-0.05, 0) is 23.8 Å². The highest BCUT2D eigenvalue weighted by atomic mass is 16.2. The molecule has 3 rings (SSSR count). The molecular weight excluding hydrogens is 296 g/mol. The molecule has 0 bridgehead atoms. The lowest BCUT2D eigenvalue weighted by atomic mass is 10.2. The Bertz CT molecular complexity index is 960. The van der Waals surface area contributed by atoms with Crippen LogP contribution >= 0.6 is 0 Å². The number of aromatic amines is 1. The minimum Gasteiger partial charge on any atom is -0.350 e. The Kier molecular flexibility index (Phi) is 4.01. The first-order valence-electron chi connectivity index (χ1n) is 7.02. The van der Waals surface area contributed by atoms with E-state index in [1.165, 1.54) is 0 Å². The van der Waals surface area contributed by atoms with Crippen molar-refractivity contribution in [1.29, 1.82) is 0 Å². The molecule has 0 fully saturated rings. The van der Waals surface area contributed by atoms with Gasteiger partial charge in [0.2, 0.25) is 5.91 Å². The van der Waals surface area contributed by atoms with Gasteiger partial charge < -0.3 is 5.32 Å². The van der Waals surface area contributed by atoms with E-state index >= 15 is 0 Å². The van der Waals surface area contributed by atoms with E-state index in [1.54, 1.807) is 42.7 Å². The highest BCUT2D eigenvalue weighted by molar-refractivity contribution is 5.81. The number of carbonyl (C=O) groups excluding carboxylic acids is 1. The van der Waals surface area contributed by atoms with Crippen LogP contribution in [0.25, 0.3) is 10.8 Å². The fourth-order valence-electron chi connectivity index (χ4n) is 2.26. The zero-order valence-electron chi connectivity index (χ0n) is 12.2. The van der Waals surface area contributed by atoms with Gasteiger partial charge in [0.25, 0.3) is 11.1 Å². The third kappa shape index (κ3) is 3.18. The maximum atomic E-state index is 12.3. The Balaban J connectivity index is 1.79. The van der Waals surface area contributed by atoms with Crippen LogP contribution in [0.15, 0.2) is 58.4 Å². The Morgan fingerprint density at radius 2 is 1.91 bits per heavy atom. The van der Waals surface area contributed by atoms with Crippen LogP contribution in [-0.2, 0) is 17.9 Å². The molecule has 23 heavy (non-hydrogen) atoms. The second-order valence-corrected chi connectivity index (χ2v) is 5.02. The van der Waals surface area contributed by atoms with Crippen LogP contribution in [0.1, 0.15) is 5.56 Å². The minimum atomic E-state index is -0.406. The fourth-order valence-corrected chi connectivity index (χ4v) is 2.26. The normalized spacial score (nSPS) is 10.6. The lowest BCUT2D eigenvalue weighted by Crippen LogP contribution is -2.36.